The molecule has 0 unspecified atom stereocenters. The first kappa shape index (κ1) is 31.2. The van der Waals surface area contributed by atoms with Gasteiger partial charge < -0.3 is 14.5 Å². The molecule has 5 rings (SSSR count). The fraction of sp³-hybridized carbons (Fsp3) is 0.382. The van der Waals surface area contributed by atoms with Gasteiger partial charge in [-0.3, -0.25) is 4.79 Å². The SMILES string of the molecule is CCc1cccc(CC)c1-n1c(=O)nc(N2CCN(C(=O)OC(C)(C)C)C[C@@H]2C)c2cc(Cl)c(-c3ccccc3C=O)nc21. The lowest BCUT2D eigenvalue weighted by Crippen LogP contribution is -2.55. The van der Waals surface area contributed by atoms with Gasteiger partial charge in [-0.1, -0.05) is 67.9 Å². The van der Waals surface area contributed by atoms with Crippen LogP contribution in [-0.4, -0.2) is 63.1 Å². The second-order valence-corrected chi connectivity index (χ2v) is 12.5. The number of hydrogen-bond acceptors (Lipinski definition) is 7. The van der Waals surface area contributed by atoms with E-state index < -0.39 is 11.3 Å². The molecule has 1 aliphatic heterocycles. The van der Waals surface area contributed by atoms with Crippen LogP contribution in [0.15, 0.2) is 53.3 Å². The molecule has 230 valence electrons. The molecule has 44 heavy (non-hydrogen) atoms. The summed E-state index contributed by atoms with van der Waals surface area (Å²) in [5.41, 5.74) is 3.51. The van der Waals surface area contributed by atoms with Crippen molar-refractivity contribution in [3.05, 3.63) is 80.7 Å². The van der Waals surface area contributed by atoms with Gasteiger partial charge >= 0.3 is 11.8 Å². The van der Waals surface area contributed by atoms with Crippen molar-refractivity contribution in [2.75, 3.05) is 24.5 Å². The maximum atomic E-state index is 14.1. The van der Waals surface area contributed by atoms with E-state index >= 15 is 0 Å². The third-order valence-electron chi connectivity index (χ3n) is 7.88. The number of rotatable bonds is 6. The molecule has 9 nitrogen and oxygen atoms in total. The van der Waals surface area contributed by atoms with Crippen LogP contribution in [0.1, 0.15) is 63.0 Å². The predicted octanol–water partition coefficient (Wildman–Crippen LogP) is 6.48. The first-order valence-electron chi connectivity index (χ1n) is 15.0. The summed E-state index contributed by atoms with van der Waals surface area (Å²) in [4.78, 5) is 52.3. The van der Waals surface area contributed by atoms with Gasteiger partial charge in [0.05, 0.1) is 21.8 Å². The highest BCUT2D eigenvalue weighted by atomic mass is 35.5. The zero-order valence-electron chi connectivity index (χ0n) is 26.1. The first-order valence-corrected chi connectivity index (χ1v) is 15.4. The number of halogens is 1. The number of aromatic nitrogens is 3. The number of aldehydes is 1. The molecule has 4 aromatic rings. The molecule has 3 heterocycles. The van der Waals surface area contributed by atoms with Crippen molar-refractivity contribution in [3.63, 3.8) is 0 Å². The molecule has 2 aromatic heterocycles. The number of anilines is 1. The van der Waals surface area contributed by atoms with Crippen molar-refractivity contribution in [1.82, 2.24) is 19.4 Å². The second-order valence-electron chi connectivity index (χ2n) is 12.0. The van der Waals surface area contributed by atoms with Crippen LogP contribution < -0.4 is 10.6 Å². The summed E-state index contributed by atoms with van der Waals surface area (Å²) in [6.45, 7) is 12.8. The summed E-state index contributed by atoms with van der Waals surface area (Å²) in [7, 11) is 0. The number of benzene rings is 2. The van der Waals surface area contributed by atoms with Gasteiger partial charge in [0, 0.05) is 36.8 Å². The lowest BCUT2D eigenvalue weighted by Gasteiger charge is -2.41. The molecule has 0 aliphatic carbocycles. The van der Waals surface area contributed by atoms with Crippen LogP contribution in [0.2, 0.25) is 5.02 Å². The molecule has 2 aromatic carbocycles. The minimum atomic E-state index is -0.603. The smallest absolute Gasteiger partial charge is 0.410 e. The highest BCUT2D eigenvalue weighted by Gasteiger charge is 2.32. The van der Waals surface area contributed by atoms with Crippen LogP contribution in [0, 0.1) is 0 Å². The van der Waals surface area contributed by atoms with Crippen molar-refractivity contribution in [2.45, 2.75) is 66.0 Å². The minimum Gasteiger partial charge on any atom is -0.444 e. The maximum absolute atomic E-state index is 14.1. The van der Waals surface area contributed by atoms with E-state index in [0.29, 0.717) is 71.2 Å². The summed E-state index contributed by atoms with van der Waals surface area (Å²) in [5.74, 6) is 0.453. The summed E-state index contributed by atoms with van der Waals surface area (Å²) in [5, 5.41) is 0.937. The Balaban J connectivity index is 1.73. The molecule has 0 N–H and O–H groups in total. The Morgan fingerprint density at radius 1 is 1.05 bits per heavy atom. The molecule has 0 radical (unpaired) electrons. The summed E-state index contributed by atoms with van der Waals surface area (Å²) < 4.78 is 7.19. The molecule has 1 saturated heterocycles. The van der Waals surface area contributed by atoms with Gasteiger partial charge in [0.1, 0.15) is 11.4 Å². The number of pyridine rings is 1. The average Bonchev–Trinajstić information content (AvgIpc) is 2.99. The predicted molar refractivity (Wildman–Crippen MR) is 174 cm³/mol. The highest BCUT2D eigenvalue weighted by Crippen LogP contribution is 2.36. The maximum Gasteiger partial charge on any atom is 0.410 e. The number of aryl methyl sites for hydroxylation is 2. The molecule has 10 heteroatoms. The second kappa shape index (κ2) is 12.4. The molecule has 0 spiro atoms. The monoisotopic (exact) mass is 615 g/mol. The number of amides is 1. The lowest BCUT2D eigenvalue weighted by atomic mass is 10.0. The minimum absolute atomic E-state index is 0.175. The Morgan fingerprint density at radius 2 is 1.73 bits per heavy atom. The van der Waals surface area contributed by atoms with Crippen molar-refractivity contribution >= 4 is 40.8 Å². The van der Waals surface area contributed by atoms with E-state index in [1.54, 1.807) is 33.7 Å². The number of para-hydroxylation sites is 1. The van der Waals surface area contributed by atoms with Gasteiger partial charge in [0.2, 0.25) is 0 Å². The molecular weight excluding hydrogens is 578 g/mol. The van der Waals surface area contributed by atoms with Crippen LogP contribution in [0.4, 0.5) is 10.6 Å². The van der Waals surface area contributed by atoms with Crippen molar-refractivity contribution < 1.29 is 14.3 Å². The Hall–Kier alpha value is -4.24. The molecule has 1 atom stereocenters. The number of hydrogen-bond donors (Lipinski definition) is 0. The van der Waals surface area contributed by atoms with Crippen LogP contribution in [0.3, 0.4) is 0 Å². The number of piperazine rings is 1. The van der Waals surface area contributed by atoms with Gasteiger partial charge in [0.25, 0.3) is 0 Å². The molecule has 1 fully saturated rings. The van der Waals surface area contributed by atoms with E-state index in [-0.39, 0.29) is 12.1 Å². The Morgan fingerprint density at radius 3 is 2.34 bits per heavy atom. The van der Waals surface area contributed by atoms with Gasteiger partial charge in [-0.05, 0) is 57.7 Å². The zero-order chi connectivity index (χ0) is 31.8. The first-order chi connectivity index (χ1) is 21.0. The Kier molecular flexibility index (Phi) is 8.79. The van der Waals surface area contributed by atoms with E-state index in [1.165, 1.54) is 0 Å². The van der Waals surface area contributed by atoms with Gasteiger partial charge in [0.15, 0.2) is 11.9 Å². The van der Waals surface area contributed by atoms with Crippen molar-refractivity contribution in [3.8, 4) is 16.9 Å². The third kappa shape index (κ3) is 5.93. The Bertz CT molecular complexity index is 1770. The van der Waals surface area contributed by atoms with Gasteiger partial charge in [-0.2, -0.15) is 4.98 Å². The number of carbonyl (C=O) groups excluding carboxylic acids is 2. The summed E-state index contributed by atoms with van der Waals surface area (Å²) in [6, 6.07) is 14.7. The fourth-order valence-corrected chi connectivity index (χ4v) is 6.05. The molecular formula is C34H38ClN5O4. The summed E-state index contributed by atoms with van der Waals surface area (Å²) in [6.07, 6.45) is 1.81. The normalized spacial score (nSPS) is 15.5. The van der Waals surface area contributed by atoms with E-state index in [0.717, 1.165) is 23.1 Å². The van der Waals surface area contributed by atoms with E-state index in [9.17, 15) is 14.4 Å². The summed E-state index contributed by atoms with van der Waals surface area (Å²) >= 11 is 6.91. The Labute approximate surface area is 262 Å². The van der Waals surface area contributed by atoms with Crippen molar-refractivity contribution in [1.29, 1.82) is 0 Å². The van der Waals surface area contributed by atoms with E-state index in [2.05, 4.69) is 18.8 Å². The quantitative estimate of drug-likeness (QED) is 0.229. The van der Waals surface area contributed by atoms with E-state index in [1.807, 2.05) is 56.9 Å². The highest BCUT2D eigenvalue weighted by molar-refractivity contribution is 6.34. The van der Waals surface area contributed by atoms with Crippen LogP contribution in [0.25, 0.3) is 28.0 Å². The van der Waals surface area contributed by atoms with Gasteiger partial charge in [-0.15, -0.1) is 0 Å². The fourth-order valence-electron chi connectivity index (χ4n) is 5.80. The molecule has 0 saturated carbocycles. The lowest BCUT2D eigenvalue weighted by molar-refractivity contribution is 0.0218. The van der Waals surface area contributed by atoms with Crippen LogP contribution >= 0.6 is 11.6 Å². The number of fused-ring (bicyclic) bond motifs is 1. The van der Waals surface area contributed by atoms with Crippen LogP contribution in [-0.2, 0) is 17.6 Å². The van der Waals surface area contributed by atoms with Crippen molar-refractivity contribution in [2.24, 2.45) is 0 Å². The largest absolute Gasteiger partial charge is 0.444 e. The standard InChI is InChI=1S/C34H38ClN5O4/c1-7-22-13-11-14-23(8-2)29(22)40-31-26(18-27(35)28(36-31)25-15-10-9-12-24(25)20-41)30(37-32(40)42)39-17-16-38(19-21(39)3)33(43)44-34(4,5)6/h9-15,18,20-21H,7-8,16-17,19H2,1-6H3/t21-/m0/s1. The topological polar surface area (TPSA) is 97.6 Å². The number of ether oxygens (including phenoxy) is 1. The number of carbonyl (C=O) groups is 2. The molecule has 0 bridgehead atoms. The van der Waals surface area contributed by atoms with Crippen LogP contribution in [0.5, 0.6) is 0 Å². The molecule has 1 amide bonds. The number of nitrogens with zero attached hydrogens (tertiary/aromatic N) is 5. The van der Waals surface area contributed by atoms with E-state index in [4.69, 9.17) is 21.3 Å². The third-order valence-corrected chi connectivity index (χ3v) is 8.17. The average molecular weight is 616 g/mol. The zero-order valence-corrected chi connectivity index (χ0v) is 26.8. The molecule has 1 aliphatic rings. The van der Waals surface area contributed by atoms with Gasteiger partial charge in [-0.25, -0.2) is 19.1 Å².